The molecule has 8 N–H and O–H groups in total. The number of halogens is 3. The van der Waals surface area contributed by atoms with E-state index in [1.165, 1.54) is 31.1 Å². The summed E-state index contributed by atoms with van der Waals surface area (Å²) in [6, 6.07) is 1.57. The Morgan fingerprint density at radius 3 is 2.23 bits per heavy atom. The number of likely N-dealkylation sites (N-methyl/N-ethyl adjacent to an activating group) is 1. The zero-order valence-electron chi connectivity index (χ0n) is 24.1. The number of phenols is 1. The number of hydrogen-bond acceptors (Lipinski definition) is 11. The van der Waals surface area contributed by atoms with Gasteiger partial charge in [-0.15, -0.1) is 0 Å². The van der Waals surface area contributed by atoms with Gasteiger partial charge in [-0.3, -0.25) is 24.2 Å². The van der Waals surface area contributed by atoms with E-state index in [0.717, 1.165) is 0 Å². The largest absolute Gasteiger partial charge is 0.508 e. The number of aromatic hydroxyl groups is 1. The van der Waals surface area contributed by atoms with E-state index in [-0.39, 0.29) is 30.8 Å². The molecule has 5 rings (SSSR count). The Hall–Kier alpha value is -3.50. The molecule has 1 heterocycles. The van der Waals surface area contributed by atoms with Crippen LogP contribution in [0.15, 0.2) is 29.0 Å². The summed E-state index contributed by atoms with van der Waals surface area (Å²) in [5.41, 5.74) is -1.82. The van der Waals surface area contributed by atoms with Crippen LogP contribution in [0.1, 0.15) is 42.4 Å². The molecular formula is C29H34F3N3O9. The fourth-order valence-corrected chi connectivity index (χ4v) is 7.39. The number of aliphatic hydroxyl groups excluding tert-OH is 3. The van der Waals surface area contributed by atoms with E-state index in [0.29, 0.717) is 5.56 Å². The lowest BCUT2D eigenvalue weighted by Crippen LogP contribution is -2.70. The van der Waals surface area contributed by atoms with Gasteiger partial charge in [0.25, 0.3) is 5.91 Å². The number of phenolic OH excluding ortho intramolecular Hbond substituents is 1. The maximum Gasteiger partial charge on any atom is 0.417 e. The number of likely N-dealkylation sites (tertiary alicyclic amines) is 1. The highest BCUT2D eigenvalue weighted by Gasteiger charge is 2.68. The Labute approximate surface area is 249 Å². The Kier molecular flexibility index (Phi) is 7.45. The first-order chi connectivity index (χ1) is 20.3. The summed E-state index contributed by atoms with van der Waals surface area (Å²) in [7, 11) is 2.82. The van der Waals surface area contributed by atoms with Gasteiger partial charge in [0.2, 0.25) is 5.78 Å². The SMILES string of the molecule is C[C@H]1c2ccc(CN3CCC(O)(C(F)(F)F)CC3)c(O)c2C(O)=C2C(=O)C3(O)C(O)=C(C(N)=O)C(=O)[C@@H](N(C)C)[C@@H]3C(O)[C@@H]21. The van der Waals surface area contributed by atoms with Crippen molar-refractivity contribution in [2.75, 3.05) is 27.2 Å². The summed E-state index contributed by atoms with van der Waals surface area (Å²) < 4.78 is 39.7. The van der Waals surface area contributed by atoms with Gasteiger partial charge in [-0.1, -0.05) is 19.1 Å². The Bertz CT molecular complexity index is 1510. The first kappa shape index (κ1) is 31.9. The number of benzene rings is 1. The third kappa shape index (κ3) is 4.28. The number of carbonyl (C=O) groups is 3. The molecule has 240 valence electrons. The summed E-state index contributed by atoms with van der Waals surface area (Å²) in [6.45, 7) is 1.25. The molecule has 1 aromatic carbocycles. The van der Waals surface area contributed by atoms with Gasteiger partial charge in [0.15, 0.2) is 17.0 Å². The summed E-state index contributed by atoms with van der Waals surface area (Å²) >= 11 is 0. The maximum atomic E-state index is 14.1. The lowest BCUT2D eigenvalue weighted by molar-refractivity contribution is -0.272. The smallest absolute Gasteiger partial charge is 0.417 e. The molecular weight excluding hydrogens is 591 g/mol. The van der Waals surface area contributed by atoms with Crippen molar-refractivity contribution in [2.24, 2.45) is 17.6 Å². The first-order valence-corrected chi connectivity index (χ1v) is 14.0. The number of piperidine rings is 1. The minimum Gasteiger partial charge on any atom is -0.508 e. The van der Waals surface area contributed by atoms with Crippen LogP contribution in [0.2, 0.25) is 0 Å². The van der Waals surface area contributed by atoms with Crippen LogP contribution in [-0.2, 0) is 20.9 Å². The number of Topliss-reactive ketones (excluding diaryl/α,β-unsaturated/α-hetero) is 2. The minimum atomic E-state index is -4.79. The average Bonchev–Trinajstić information content (AvgIpc) is 2.92. The Balaban J connectivity index is 1.59. The topological polar surface area (TPSA) is 205 Å². The quantitative estimate of drug-likeness (QED) is 0.228. The lowest BCUT2D eigenvalue weighted by Gasteiger charge is -2.53. The van der Waals surface area contributed by atoms with Crippen LogP contribution >= 0.6 is 0 Å². The third-order valence-corrected chi connectivity index (χ3v) is 9.82. The molecule has 1 saturated heterocycles. The van der Waals surface area contributed by atoms with Crippen LogP contribution < -0.4 is 5.73 Å². The highest BCUT2D eigenvalue weighted by Crippen LogP contribution is 2.56. The highest BCUT2D eigenvalue weighted by molar-refractivity contribution is 6.24. The summed E-state index contributed by atoms with van der Waals surface area (Å²) in [5.74, 6) is -10.0. The van der Waals surface area contributed by atoms with Crippen LogP contribution in [0.4, 0.5) is 13.2 Å². The highest BCUT2D eigenvalue weighted by atomic mass is 19.4. The number of primary amides is 1. The molecule has 0 radical (unpaired) electrons. The van der Waals surface area contributed by atoms with Gasteiger partial charge in [-0.05, 0) is 38.4 Å². The van der Waals surface area contributed by atoms with Crippen LogP contribution in [-0.4, -0.2) is 115 Å². The molecule has 1 aliphatic heterocycles. The standard InChI is InChI=1S/C29H34F3N3O9/c1-11-13-5-4-12(10-35-8-6-27(43,7-9-35)29(30,31)32)20(36)15(13)21(37)16-14(11)22(38)18-19(34(2)3)23(39)17(26(33)42)25(41)28(18,44)24(16)40/h4-5,11,14,18-19,22,36-38,41,43-44H,6-10H2,1-3H3,(H2,33,42)/t11-,14+,18+,19-,22?,28?/m0/s1. The molecule has 6 atom stereocenters. The van der Waals surface area contributed by atoms with Crippen LogP contribution in [0, 0.1) is 11.8 Å². The van der Waals surface area contributed by atoms with Gasteiger partial charge in [0.1, 0.15) is 22.8 Å². The number of alkyl halides is 3. The van der Waals surface area contributed by atoms with Gasteiger partial charge in [-0.2, -0.15) is 13.2 Å². The van der Waals surface area contributed by atoms with Crippen LogP contribution in [0.25, 0.3) is 5.76 Å². The zero-order chi connectivity index (χ0) is 32.8. The molecule has 0 aromatic heterocycles. The molecule has 1 amide bonds. The van der Waals surface area contributed by atoms with E-state index < -0.39 is 106 Å². The Morgan fingerprint density at radius 2 is 1.70 bits per heavy atom. The molecule has 1 saturated carbocycles. The molecule has 44 heavy (non-hydrogen) atoms. The predicted molar refractivity (Wildman–Crippen MR) is 146 cm³/mol. The van der Waals surface area contributed by atoms with Crippen LogP contribution in [0.5, 0.6) is 5.75 Å². The van der Waals surface area contributed by atoms with Crippen molar-refractivity contribution in [3.63, 3.8) is 0 Å². The van der Waals surface area contributed by atoms with Crippen molar-refractivity contribution in [2.45, 2.75) is 61.8 Å². The average molecular weight is 626 g/mol. The third-order valence-electron chi connectivity index (χ3n) is 9.82. The van der Waals surface area contributed by atoms with E-state index in [9.17, 15) is 58.2 Å². The molecule has 3 aliphatic carbocycles. The molecule has 0 bridgehead atoms. The van der Waals surface area contributed by atoms with E-state index in [4.69, 9.17) is 5.73 Å². The molecule has 4 aliphatic rings. The second-order valence-electron chi connectivity index (χ2n) is 12.4. The molecule has 1 aromatic rings. The molecule has 15 heteroatoms. The van der Waals surface area contributed by atoms with E-state index in [1.54, 1.807) is 11.8 Å². The molecule has 12 nitrogen and oxygen atoms in total. The van der Waals surface area contributed by atoms with Gasteiger partial charge in [-0.25, -0.2) is 0 Å². The monoisotopic (exact) mass is 625 g/mol. The van der Waals surface area contributed by atoms with E-state index in [2.05, 4.69) is 0 Å². The number of carbonyl (C=O) groups excluding carboxylic acids is 3. The number of nitrogens with zero attached hydrogens (tertiary/aromatic N) is 2. The number of fused-ring (bicyclic) bond motifs is 3. The molecule has 2 fully saturated rings. The maximum absolute atomic E-state index is 14.1. The van der Waals surface area contributed by atoms with Crippen molar-refractivity contribution >= 4 is 23.2 Å². The van der Waals surface area contributed by atoms with Crippen molar-refractivity contribution < 1.29 is 58.2 Å². The number of aliphatic hydroxyl groups is 5. The zero-order valence-corrected chi connectivity index (χ0v) is 24.1. The predicted octanol–water partition coefficient (Wildman–Crippen LogP) is 0.385. The van der Waals surface area contributed by atoms with Crippen molar-refractivity contribution in [3.05, 3.63) is 45.7 Å². The molecule has 0 spiro atoms. The normalized spacial score (nSPS) is 32.5. The summed E-state index contributed by atoms with van der Waals surface area (Å²) in [6.07, 6.45) is -7.68. The number of nitrogens with two attached hydrogens (primary N) is 1. The fourth-order valence-electron chi connectivity index (χ4n) is 7.39. The van der Waals surface area contributed by atoms with Gasteiger partial charge < -0.3 is 36.4 Å². The van der Waals surface area contributed by atoms with E-state index in [1.807, 2.05) is 0 Å². The first-order valence-electron chi connectivity index (χ1n) is 14.0. The van der Waals surface area contributed by atoms with Gasteiger partial charge >= 0.3 is 6.18 Å². The number of rotatable bonds is 4. The summed E-state index contributed by atoms with van der Waals surface area (Å²) in [4.78, 5) is 42.3. The minimum absolute atomic E-state index is 0.0613. The van der Waals surface area contributed by atoms with Crippen molar-refractivity contribution in [3.8, 4) is 5.75 Å². The van der Waals surface area contributed by atoms with Gasteiger partial charge in [0, 0.05) is 36.7 Å². The number of ketones is 2. The van der Waals surface area contributed by atoms with Gasteiger partial charge in [0.05, 0.1) is 23.6 Å². The second kappa shape index (κ2) is 10.3. The number of hydrogen-bond donors (Lipinski definition) is 7. The lowest BCUT2D eigenvalue weighted by atomic mass is 9.54. The van der Waals surface area contributed by atoms with Crippen molar-refractivity contribution in [1.82, 2.24) is 9.80 Å². The molecule has 2 unspecified atom stereocenters. The fraction of sp³-hybridized carbons (Fsp3) is 0.552. The summed E-state index contributed by atoms with van der Waals surface area (Å²) in [5, 5.41) is 67.1. The Morgan fingerprint density at radius 1 is 1.11 bits per heavy atom. The van der Waals surface area contributed by atoms with Crippen molar-refractivity contribution in [1.29, 1.82) is 0 Å². The van der Waals surface area contributed by atoms with E-state index >= 15 is 0 Å². The number of amides is 1. The van der Waals surface area contributed by atoms with Crippen LogP contribution in [0.3, 0.4) is 0 Å². The second-order valence-corrected chi connectivity index (χ2v) is 12.4.